The second-order valence-electron chi connectivity index (χ2n) is 5.81. The lowest BCUT2D eigenvalue weighted by molar-refractivity contribution is -0.130. The normalized spacial score (nSPS) is 11.4. The van der Waals surface area contributed by atoms with Crippen LogP contribution in [-0.4, -0.2) is 57.3 Å². The number of benzene rings is 2. The summed E-state index contributed by atoms with van der Waals surface area (Å²) in [5, 5.41) is 0. The van der Waals surface area contributed by atoms with Gasteiger partial charge in [0.15, 0.2) is 11.6 Å². The zero-order valence-corrected chi connectivity index (χ0v) is 17.3. The zero-order chi connectivity index (χ0) is 20.0. The van der Waals surface area contributed by atoms with Crippen molar-refractivity contribution < 1.29 is 22.3 Å². The zero-order valence-electron chi connectivity index (χ0n) is 14.9. The number of rotatable bonds is 8. The van der Waals surface area contributed by atoms with Crippen LogP contribution in [0.3, 0.4) is 0 Å². The van der Waals surface area contributed by atoms with Gasteiger partial charge in [0.05, 0.1) is 18.0 Å². The minimum atomic E-state index is -3.77. The van der Waals surface area contributed by atoms with Crippen molar-refractivity contribution in [3.63, 3.8) is 0 Å². The molecule has 0 aliphatic rings. The summed E-state index contributed by atoms with van der Waals surface area (Å²) in [5.74, 6) is -0.768. The molecule has 6 nitrogen and oxygen atoms in total. The molecule has 0 unspecified atom stereocenters. The number of nitrogens with zero attached hydrogens (tertiary/aromatic N) is 2. The first kappa shape index (κ1) is 21.3. The third-order valence-electron chi connectivity index (χ3n) is 3.83. The van der Waals surface area contributed by atoms with Crippen molar-refractivity contribution in [2.45, 2.75) is 4.90 Å². The number of hydrogen-bond acceptors (Lipinski definition) is 4. The van der Waals surface area contributed by atoms with Gasteiger partial charge in [-0.15, -0.1) is 0 Å². The van der Waals surface area contributed by atoms with E-state index in [-0.39, 0.29) is 30.3 Å². The Morgan fingerprint density at radius 1 is 1.11 bits per heavy atom. The van der Waals surface area contributed by atoms with Crippen LogP contribution >= 0.6 is 15.9 Å². The molecule has 0 aliphatic heterocycles. The molecule has 0 saturated heterocycles. The first-order valence-electron chi connectivity index (χ1n) is 8.05. The average Bonchev–Trinajstić information content (AvgIpc) is 2.63. The van der Waals surface area contributed by atoms with Crippen LogP contribution in [0.2, 0.25) is 0 Å². The van der Waals surface area contributed by atoms with E-state index in [2.05, 4.69) is 15.9 Å². The smallest absolute Gasteiger partial charge is 0.243 e. The molecule has 0 N–H and O–H groups in total. The summed E-state index contributed by atoms with van der Waals surface area (Å²) >= 11 is 3.25. The van der Waals surface area contributed by atoms with Gasteiger partial charge < -0.3 is 9.64 Å². The molecule has 2 aromatic carbocycles. The summed E-state index contributed by atoms with van der Waals surface area (Å²) in [7, 11) is -0.888. The van der Waals surface area contributed by atoms with Crippen LogP contribution in [0.4, 0.5) is 4.39 Å². The molecule has 9 heteroatoms. The Hall–Kier alpha value is -1.97. The molecule has 0 aromatic heterocycles. The molecule has 1 amide bonds. The highest BCUT2D eigenvalue weighted by atomic mass is 79.9. The Labute approximate surface area is 166 Å². The number of halogens is 2. The van der Waals surface area contributed by atoms with Crippen LogP contribution in [0.5, 0.6) is 5.75 Å². The molecule has 2 aromatic rings. The highest BCUT2D eigenvalue weighted by Crippen LogP contribution is 2.18. The van der Waals surface area contributed by atoms with Crippen LogP contribution in [0.1, 0.15) is 0 Å². The second kappa shape index (κ2) is 9.29. The average molecular weight is 459 g/mol. The lowest BCUT2D eigenvalue weighted by Gasteiger charge is -2.22. The molecule has 0 radical (unpaired) electrons. The molecule has 0 spiro atoms. The van der Waals surface area contributed by atoms with Crippen LogP contribution < -0.4 is 4.74 Å². The minimum absolute atomic E-state index is 0.0896. The van der Waals surface area contributed by atoms with Gasteiger partial charge in [-0.3, -0.25) is 4.79 Å². The van der Waals surface area contributed by atoms with E-state index in [4.69, 9.17) is 4.74 Å². The van der Waals surface area contributed by atoms with Gasteiger partial charge in [-0.25, -0.2) is 12.8 Å². The maximum absolute atomic E-state index is 13.5. The highest BCUT2D eigenvalue weighted by molar-refractivity contribution is 9.10. The molecule has 0 aliphatic carbocycles. The largest absolute Gasteiger partial charge is 0.489 e. The van der Waals surface area contributed by atoms with Crippen LogP contribution in [0.15, 0.2) is 57.9 Å². The number of para-hydroxylation sites is 1. The van der Waals surface area contributed by atoms with E-state index in [1.807, 2.05) is 0 Å². The number of sulfonamides is 1. The third-order valence-corrected chi connectivity index (χ3v) is 6.17. The van der Waals surface area contributed by atoms with Crippen LogP contribution in [0, 0.1) is 5.82 Å². The van der Waals surface area contributed by atoms with E-state index >= 15 is 0 Å². The molecule has 146 valence electrons. The molecule has 27 heavy (non-hydrogen) atoms. The third kappa shape index (κ3) is 5.75. The number of amides is 1. The summed E-state index contributed by atoms with van der Waals surface area (Å²) < 4.78 is 45.6. The van der Waals surface area contributed by atoms with Crippen molar-refractivity contribution in [2.24, 2.45) is 0 Å². The topological polar surface area (TPSA) is 66.9 Å². The summed E-state index contributed by atoms with van der Waals surface area (Å²) in [5.41, 5.74) is 0. The fourth-order valence-corrected chi connectivity index (χ4v) is 3.55. The van der Waals surface area contributed by atoms with Crippen molar-refractivity contribution in [2.75, 3.05) is 33.8 Å². The van der Waals surface area contributed by atoms with E-state index in [1.165, 1.54) is 43.3 Å². The Morgan fingerprint density at radius 3 is 2.37 bits per heavy atom. The number of carbonyl (C=O) groups is 1. The van der Waals surface area contributed by atoms with Gasteiger partial charge >= 0.3 is 0 Å². The fraction of sp³-hybridized carbons (Fsp3) is 0.278. The molecular formula is C18H20BrFN2O4S. The van der Waals surface area contributed by atoms with Gasteiger partial charge in [0.1, 0.15) is 6.61 Å². The van der Waals surface area contributed by atoms with Gasteiger partial charge in [0.2, 0.25) is 15.9 Å². The van der Waals surface area contributed by atoms with Crippen molar-refractivity contribution in [1.82, 2.24) is 9.21 Å². The summed E-state index contributed by atoms with van der Waals surface area (Å²) in [4.78, 5) is 13.7. The number of hydrogen-bond donors (Lipinski definition) is 0. The maximum atomic E-state index is 13.5. The lowest BCUT2D eigenvalue weighted by atomic mass is 10.3. The molecule has 0 bridgehead atoms. The van der Waals surface area contributed by atoms with Crippen molar-refractivity contribution >= 4 is 31.9 Å². The minimum Gasteiger partial charge on any atom is -0.489 e. The van der Waals surface area contributed by atoms with Gasteiger partial charge in [-0.2, -0.15) is 4.31 Å². The first-order chi connectivity index (χ1) is 12.7. The standard InChI is InChI=1S/C18H20BrFN2O4S/c1-21(11-12-26-17-6-4-3-5-16(17)20)18(23)13-22(2)27(24,25)15-9-7-14(19)8-10-15/h3-10H,11-13H2,1-2H3. The number of carbonyl (C=O) groups excluding carboxylic acids is 1. The predicted octanol–water partition coefficient (Wildman–Crippen LogP) is 2.75. The molecular weight excluding hydrogens is 439 g/mol. The summed E-state index contributed by atoms with van der Waals surface area (Å²) in [6, 6.07) is 12.2. The van der Waals surface area contributed by atoms with Crippen LogP contribution in [0.25, 0.3) is 0 Å². The van der Waals surface area contributed by atoms with E-state index in [9.17, 15) is 17.6 Å². The van der Waals surface area contributed by atoms with Crippen molar-refractivity contribution in [1.29, 1.82) is 0 Å². The van der Waals surface area contributed by atoms with E-state index < -0.39 is 21.7 Å². The molecule has 0 saturated carbocycles. The summed E-state index contributed by atoms with van der Waals surface area (Å²) in [6.45, 7) is -0.0275. The SMILES string of the molecule is CN(CCOc1ccccc1F)C(=O)CN(C)S(=O)(=O)c1ccc(Br)cc1. The van der Waals surface area contributed by atoms with Gasteiger partial charge in [-0.05, 0) is 36.4 Å². The Morgan fingerprint density at radius 2 is 1.74 bits per heavy atom. The maximum Gasteiger partial charge on any atom is 0.243 e. The first-order valence-corrected chi connectivity index (χ1v) is 10.3. The lowest BCUT2D eigenvalue weighted by Crippen LogP contribution is -2.40. The van der Waals surface area contributed by atoms with E-state index in [0.29, 0.717) is 0 Å². The highest BCUT2D eigenvalue weighted by Gasteiger charge is 2.24. The Bertz CT molecular complexity index is 890. The second-order valence-corrected chi connectivity index (χ2v) is 8.77. The molecule has 0 atom stereocenters. The summed E-state index contributed by atoms with van der Waals surface area (Å²) in [6.07, 6.45) is 0. The predicted molar refractivity (Wildman–Crippen MR) is 103 cm³/mol. The Balaban J connectivity index is 1.89. The molecule has 0 heterocycles. The fourth-order valence-electron chi connectivity index (χ4n) is 2.16. The quantitative estimate of drug-likeness (QED) is 0.609. The van der Waals surface area contributed by atoms with E-state index in [1.54, 1.807) is 24.3 Å². The number of likely N-dealkylation sites (N-methyl/N-ethyl adjacent to an activating group) is 2. The number of ether oxygens (including phenoxy) is 1. The van der Waals surface area contributed by atoms with Gasteiger partial charge in [0.25, 0.3) is 0 Å². The van der Waals surface area contributed by atoms with Gasteiger partial charge in [0, 0.05) is 18.6 Å². The van der Waals surface area contributed by atoms with Crippen molar-refractivity contribution in [3.8, 4) is 5.75 Å². The monoisotopic (exact) mass is 458 g/mol. The van der Waals surface area contributed by atoms with Crippen LogP contribution in [-0.2, 0) is 14.8 Å². The molecule has 2 rings (SSSR count). The van der Waals surface area contributed by atoms with E-state index in [0.717, 1.165) is 8.78 Å². The Kier molecular flexibility index (Phi) is 7.34. The molecule has 0 fully saturated rings. The van der Waals surface area contributed by atoms with Crippen molar-refractivity contribution in [3.05, 3.63) is 58.8 Å². The van der Waals surface area contributed by atoms with Gasteiger partial charge in [-0.1, -0.05) is 28.1 Å².